The van der Waals surface area contributed by atoms with Crippen molar-refractivity contribution in [3.8, 4) is 11.5 Å². The molecule has 198 valence electrons. The molecule has 4 rings (SSSR count). The molecular weight excluding hydrogens is 478 g/mol. The van der Waals surface area contributed by atoms with Crippen LogP contribution in [0.2, 0.25) is 0 Å². The minimum Gasteiger partial charge on any atom is -0.507 e. The lowest BCUT2D eigenvalue weighted by molar-refractivity contribution is -0.140. The summed E-state index contributed by atoms with van der Waals surface area (Å²) in [6, 6.07) is 23.2. The molecule has 1 heterocycles. The molecule has 6 heteroatoms. The summed E-state index contributed by atoms with van der Waals surface area (Å²) in [6.45, 7) is 5.57. The largest absolute Gasteiger partial charge is 0.507 e. The van der Waals surface area contributed by atoms with Gasteiger partial charge in [-0.3, -0.25) is 9.59 Å². The molecule has 38 heavy (non-hydrogen) atoms. The van der Waals surface area contributed by atoms with E-state index in [9.17, 15) is 14.7 Å². The quantitative estimate of drug-likeness (QED) is 0.127. The van der Waals surface area contributed by atoms with Gasteiger partial charge in [0.2, 0.25) is 0 Å². The molecule has 3 aromatic rings. The topological polar surface area (TPSA) is 76.1 Å². The lowest BCUT2D eigenvalue weighted by atomic mass is 9.95. The van der Waals surface area contributed by atoms with Gasteiger partial charge in [-0.15, -0.1) is 0 Å². The molecule has 6 nitrogen and oxygen atoms in total. The van der Waals surface area contributed by atoms with Crippen molar-refractivity contribution in [1.29, 1.82) is 0 Å². The molecule has 1 saturated heterocycles. The number of Topliss-reactive ketones (excluding diaryl/α,β-unsaturated/α-hetero) is 1. The summed E-state index contributed by atoms with van der Waals surface area (Å²) in [4.78, 5) is 28.2. The lowest BCUT2D eigenvalue weighted by Gasteiger charge is -2.25. The van der Waals surface area contributed by atoms with E-state index < -0.39 is 17.7 Å². The van der Waals surface area contributed by atoms with E-state index in [1.54, 1.807) is 24.3 Å². The molecule has 3 aromatic carbocycles. The van der Waals surface area contributed by atoms with Crippen molar-refractivity contribution in [2.75, 3.05) is 13.2 Å². The Hall–Kier alpha value is -4.06. The maximum absolute atomic E-state index is 13.4. The van der Waals surface area contributed by atoms with Crippen LogP contribution < -0.4 is 9.47 Å². The second-order valence-corrected chi connectivity index (χ2v) is 9.41. The summed E-state index contributed by atoms with van der Waals surface area (Å²) < 4.78 is 11.6. The van der Waals surface area contributed by atoms with Gasteiger partial charge in [-0.05, 0) is 48.2 Å². The summed E-state index contributed by atoms with van der Waals surface area (Å²) >= 11 is 0. The third kappa shape index (κ3) is 6.25. The van der Waals surface area contributed by atoms with Crippen LogP contribution in [0.15, 0.2) is 84.4 Å². The average Bonchev–Trinajstić information content (AvgIpc) is 3.20. The molecule has 0 aliphatic carbocycles. The molecule has 0 aromatic heterocycles. The van der Waals surface area contributed by atoms with Crippen LogP contribution in [0.25, 0.3) is 5.76 Å². The molecule has 1 aliphatic rings. The summed E-state index contributed by atoms with van der Waals surface area (Å²) in [5.74, 6) is -0.242. The number of hydrogen-bond acceptors (Lipinski definition) is 5. The van der Waals surface area contributed by atoms with Crippen molar-refractivity contribution < 1.29 is 24.2 Å². The van der Waals surface area contributed by atoms with Crippen LogP contribution in [0.4, 0.5) is 0 Å². The number of ether oxygens (including phenoxy) is 2. The van der Waals surface area contributed by atoms with Gasteiger partial charge in [0.05, 0.1) is 24.8 Å². The number of likely N-dealkylation sites (tertiary alicyclic amines) is 1. The first-order valence-electron chi connectivity index (χ1n) is 13.3. The van der Waals surface area contributed by atoms with Gasteiger partial charge in [-0.2, -0.15) is 0 Å². The smallest absolute Gasteiger partial charge is 0.295 e. The summed E-state index contributed by atoms with van der Waals surface area (Å²) in [7, 11) is 0. The number of unbranched alkanes of at least 4 members (excludes halogenated alkanes) is 2. The molecule has 1 fully saturated rings. The Kier molecular flexibility index (Phi) is 9.20. The van der Waals surface area contributed by atoms with E-state index in [1.807, 2.05) is 61.5 Å². The minimum atomic E-state index is -0.746. The number of aliphatic hydroxyl groups is 1. The molecule has 1 unspecified atom stereocenters. The number of ketones is 1. The maximum Gasteiger partial charge on any atom is 0.295 e. The van der Waals surface area contributed by atoms with Crippen molar-refractivity contribution in [2.24, 2.45) is 0 Å². The number of carbonyl (C=O) groups is 2. The number of carbonyl (C=O) groups excluding carboxylic acids is 2. The van der Waals surface area contributed by atoms with Gasteiger partial charge in [0, 0.05) is 12.1 Å². The van der Waals surface area contributed by atoms with Crippen molar-refractivity contribution in [3.63, 3.8) is 0 Å². The van der Waals surface area contributed by atoms with Gasteiger partial charge >= 0.3 is 0 Å². The molecule has 1 atom stereocenters. The van der Waals surface area contributed by atoms with Crippen molar-refractivity contribution in [1.82, 2.24) is 4.90 Å². The highest BCUT2D eigenvalue weighted by atomic mass is 16.5. The third-order valence-corrected chi connectivity index (χ3v) is 6.53. The van der Waals surface area contributed by atoms with Crippen molar-refractivity contribution >= 4 is 17.4 Å². The molecule has 1 N–H and O–H groups in total. The fourth-order valence-corrected chi connectivity index (χ4v) is 4.57. The number of hydrogen-bond donors (Lipinski definition) is 1. The number of amides is 1. The van der Waals surface area contributed by atoms with Gasteiger partial charge < -0.3 is 19.5 Å². The average molecular weight is 514 g/mol. The highest BCUT2D eigenvalue weighted by molar-refractivity contribution is 6.46. The van der Waals surface area contributed by atoms with Gasteiger partial charge in [0.15, 0.2) is 0 Å². The zero-order chi connectivity index (χ0) is 26.9. The number of aliphatic hydroxyl groups excluding tert-OH is 1. The minimum absolute atomic E-state index is 0.0650. The third-order valence-electron chi connectivity index (χ3n) is 6.53. The first-order valence-corrected chi connectivity index (χ1v) is 13.3. The Morgan fingerprint density at radius 1 is 0.816 bits per heavy atom. The fraction of sp³-hybridized carbons (Fsp3) is 0.312. The molecule has 1 amide bonds. The van der Waals surface area contributed by atoms with Gasteiger partial charge in [0.1, 0.15) is 17.3 Å². The summed E-state index contributed by atoms with van der Waals surface area (Å²) in [5, 5.41) is 11.4. The van der Waals surface area contributed by atoms with E-state index in [1.165, 1.54) is 4.90 Å². The van der Waals surface area contributed by atoms with E-state index in [-0.39, 0.29) is 17.9 Å². The Balaban J connectivity index is 1.72. The second kappa shape index (κ2) is 13.0. The van der Waals surface area contributed by atoms with Crippen LogP contribution >= 0.6 is 0 Å². The maximum atomic E-state index is 13.4. The van der Waals surface area contributed by atoms with Crippen LogP contribution in [0, 0.1) is 0 Å². The normalized spacial score (nSPS) is 16.6. The Bertz CT molecular complexity index is 1270. The van der Waals surface area contributed by atoms with E-state index in [0.29, 0.717) is 24.5 Å². The van der Waals surface area contributed by atoms with Crippen molar-refractivity contribution in [2.45, 2.75) is 52.1 Å². The van der Waals surface area contributed by atoms with Gasteiger partial charge in [-0.1, -0.05) is 81.3 Å². The van der Waals surface area contributed by atoms with E-state index in [2.05, 4.69) is 6.92 Å². The van der Waals surface area contributed by atoms with Gasteiger partial charge in [0.25, 0.3) is 11.7 Å². The van der Waals surface area contributed by atoms with Crippen LogP contribution in [-0.4, -0.2) is 34.9 Å². The number of nitrogens with zero attached hydrogens (tertiary/aromatic N) is 1. The second-order valence-electron chi connectivity index (χ2n) is 9.41. The Labute approximate surface area is 224 Å². The SMILES string of the molecule is CCCCCOc1ccc(C2C(=C(O)c3cccc(OCCC)c3)C(=O)C(=O)N2Cc2ccccc2)cc1. The van der Waals surface area contributed by atoms with Crippen LogP contribution in [0.3, 0.4) is 0 Å². The first-order chi connectivity index (χ1) is 18.5. The van der Waals surface area contributed by atoms with Gasteiger partial charge in [-0.25, -0.2) is 0 Å². The molecule has 1 aliphatic heterocycles. The summed E-state index contributed by atoms with van der Waals surface area (Å²) in [5.41, 5.74) is 2.11. The fourth-order valence-electron chi connectivity index (χ4n) is 4.57. The van der Waals surface area contributed by atoms with E-state index in [0.717, 1.165) is 42.6 Å². The zero-order valence-electron chi connectivity index (χ0n) is 22.1. The molecule has 0 spiro atoms. The first kappa shape index (κ1) is 27.0. The van der Waals surface area contributed by atoms with Crippen LogP contribution in [0.5, 0.6) is 11.5 Å². The molecular formula is C32H35NO5. The Morgan fingerprint density at radius 2 is 1.55 bits per heavy atom. The number of benzene rings is 3. The highest BCUT2D eigenvalue weighted by Gasteiger charge is 2.46. The predicted octanol–water partition coefficient (Wildman–Crippen LogP) is 6.67. The molecule has 0 radical (unpaired) electrons. The number of rotatable bonds is 12. The van der Waals surface area contributed by atoms with Crippen LogP contribution in [-0.2, 0) is 16.1 Å². The van der Waals surface area contributed by atoms with E-state index in [4.69, 9.17) is 9.47 Å². The molecule has 0 saturated carbocycles. The van der Waals surface area contributed by atoms with E-state index >= 15 is 0 Å². The Morgan fingerprint density at radius 3 is 2.26 bits per heavy atom. The zero-order valence-corrected chi connectivity index (χ0v) is 22.1. The standard InChI is InChI=1S/C32H35NO5/c1-3-5-9-20-38-26-17-15-24(16-18-26)29-28(30(34)25-13-10-14-27(21-25)37-19-4-2)31(35)32(36)33(29)22-23-11-7-6-8-12-23/h6-8,10-18,21,29,34H,3-5,9,19-20,22H2,1-2H3. The van der Waals surface area contributed by atoms with Crippen LogP contribution in [0.1, 0.15) is 62.3 Å². The lowest BCUT2D eigenvalue weighted by Crippen LogP contribution is -2.29. The summed E-state index contributed by atoms with van der Waals surface area (Å²) in [6.07, 6.45) is 4.06. The van der Waals surface area contributed by atoms with Crippen molar-refractivity contribution in [3.05, 3.63) is 101 Å². The molecule has 0 bridgehead atoms. The highest BCUT2D eigenvalue weighted by Crippen LogP contribution is 2.41. The monoisotopic (exact) mass is 513 g/mol. The predicted molar refractivity (Wildman–Crippen MR) is 148 cm³/mol.